The predicted molar refractivity (Wildman–Crippen MR) is 103 cm³/mol. The van der Waals surface area contributed by atoms with Crippen molar-refractivity contribution in [3.63, 3.8) is 0 Å². The van der Waals surface area contributed by atoms with Gasteiger partial charge in [0.1, 0.15) is 11.5 Å². The first-order chi connectivity index (χ1) is 13.5. The van der Waals surface area contributed by atoms with Gasteiger partial charge in [-0.05, 0) is 55.0 Å². The highest BCUT2D eigenvalue weighted by Crippen LogP contribution is 2.40. The third kappa shape index (κ3) is 2.67. The van der Waals surface area contributed by atoms with Crippen LogP contribution >= 0.6 is 0 Å². The van der Waals surface area contributed by atoms with E-state index < -0.39 is 15.9 Å². The zero-order chi connectivity index (χ0) is 19.5. The van der Waals surface area contributed by atoms with E-state index in [0.29, 0.717) is 13.2 Å². The molecule has 10 heteroatoms. The number of carbonyl (C=O) groups excluding carboxylic acids is 1. The number of nitrogens with zero attached hydrogens (tertiary/aromatic N) is 2. The fourth-order valence-electron chi connectivity index (χ4n) is 3.99. The van der Waals surface area contributed by atoms with Crippen molar-refractivity contribution in [1.29, 1.82) is 4.78 Å². The fourth-order valence-corrected chi connectivity index (χ4v) is 5.02. The molecule has 0 saturated carbocycles. The van der Waals surface area contributed by atoms with E-state index in [2.05, 4.69) is 26.5 Å². The lowest BCUT2D eigenvalue weighted by atomic mass is 9.76. The van der Waals surface area contributed by atoms with Gasteiger partial charge < -0.3 is 15.4 Å². The van der Waals surface area contributed by atoms with E-state index in [9.17, 15) is 9.00 Å². The van der Waals surface area contributed by atoms with Gasteiger partial charge in [0.05, 0.1) is 18.8 Å². The molecule has 28 heavy (non-hydrogen) atoms. The topological polar surface area (TPSA) is 121 Å². The van der Waals surface area contributed by atoms with Gasteiger partial charge in [-0.15, -0.1) is 0 Å². The maximum atomic E-state index is 12.9. The lowest BCUT2D eigenvalue weighted by Gasteiger charge is -2.32. The van der Waals surface area contributed by atoms with Gasteiger partial charge in [-0.3, -0.25) is 0 Å². The van der Waals surface area contributed by atoms with Crippen LogP contribution in [0.25, 0.3) is 0 Å². The second-order valence-electron chi connectivity index (χ2n) is 7.43. The largest absolute Gasteiger partial charge is 0.475 e. The molecule has 0 bridgehead atoms. The van der Waals surface area contributed by atoms with Crippen LogP contribution in [0.2, 0.25) is 0 Å². The van der Waals surface area contributed by atoms with Crippen molar-refractivity contribution in [1.82, 2.24) is 19.8 Å². The summed E-state index contributed by atoms with van der Waals surface area (Å²) in [5.74, 6) is 0.277. The number of nitrogens with one attached hydrogen (secondary N) is 4. The molecule has 2 atom stereocenters. The van der Waals surface area contributed by atoms with E-state index in [-0.39, 0.29) is 16.8 Å². The summed E-state index contributed by atoms with van der Waals surface area (Å²) in [6.45, 7) is 0.940. The number of benzene rings is 1. The first kappa shape index (κ1) is 17.5. The molecule has 2 aliphatic carbocycles. The minimum absolute atomic E-state index is 0.0891. The molecule has 1 aromatic carbocycles. The van der Waals surface area contributed by atoms with E-state index >= 15 is 0 Å². The van der Waals surface area contributed by atoms with E-state index in [1.54, 1.807) is 4.68 Å². The van der Waals surface area contributed by atoms with Crippen molar-refractivity contribution >= 4 is 21.6 Å². The number of ether oxygens (including phenoxy) is 1. The lowest BCUT2D eigenvalue weighted by molar-refractivity contribution is 0.184. The summed E-state index contributed by atoms with van der Waals surface area (Å²) in [7, 11) is -1.77. The van der Waals surface area contributed by atoms with Gasteiger partial charge in [-0.1, -0.05) is 6.07 Å². The van der Waals surface area contributed by atoms with Gasteiger partial charge >= 0.3 is 6.03 Å². The molecule has 0 radical (unpaired) electrons. The van der Waals surface area contributed by atoms with Gasteiger partial charge in [0, 0.05) is 5.69 Å². The maximum Gasteiger partial charge on any atom is 0.331 e. The average molecular weight is 402 g/mol. The first-order valence-electron chi connectivity index (χ1n) is 9.36. The van der Waals surface area contributed by atoms with Gasteiger partial charge in [0.2, 0.25) is 5.88 Å². The summed E-state index contributed by atoms with van der Waals surface area (Å²) in [4.78, 5) is 12.7. The normalized spacial score (nSPS) is 21.0. The maximum absolute atomic E-state index is 12.9. The number of rotatable bonds is 4. The van der Waals surface area contributed by atoms with E-state index in [1.807, 2.05) is 7.05 Å². The number of hydrogen-bond donors (Lipinski definition) is 4. The number of likely N-dealkylation sites (N-methyl/N-ethyl adjacent to an activating group) is 1. The predicted octanol–water partition coefficient (Wildman–Crippen LogP) is 1.20. The van der Waals surface area contributed by atoms with Crippen LogP contribution in [-0.2, 0) is 42.1 Å². The molecule has 0 fully saturated rings. The van der Waals surface area contributed by atoms with E-state index in [4.69, 9.17) is 9.52 Å². The monoisotopic (exact) mass is 402 g/mol. The van der Waals surface area contributed by atoms with Gasteiger partial charge in [0.15, 0.2) is 9.92 Å². The van der Waals surface area contributed by atoms with Crippen molar-refractivity contribution < 1.29 is 13.7 Å². The summed E-state index contributed by atoms with van der Waals surface area (Å²) in [5, 5.41) is 10.1. The van der Waals surface area contributed by atoms with Crippen molar-refractivity contribution in [3.05, 3.63) is 34.5 Å². The Bertz CT molecular complexity index is 1060. The van der Waals surface area contributed by atoms with E-state index in [0.717, 1.165) is 42.5 Å². The fraction of sp³-hybridized carbons (Fsp3) is 0.444. The number of hydrogen-bond acceptors (Lipinski definition) is 6. The number of aryl methyl sites for hydroxylation is 2. The average Bonchev–Trinajstić information content (AvgIpc) is 3.02. The number of amides is 2. The van der Waals surface area contributed by atoms with E-state index in [1.165, 1.54) is 17.3 Å². The SMILES string of the molecule is CN[C@@H]1COc2c([S@@](=N)(=O)NC(=O)Nc3c4c(cc5c3CC5)CC4)cnn2C1. The molecule has 9 nitrogen and oxygen atoms in total. The molecular formula is C18H22N6O3S. The second kappa shape index (κ2) is 6.21. The summed E-state index contributed by atoms with van der Waals surface area (Å²) < 4.78 is 30.7. The molecule has 0 unspecified atom stereocenters. The summed E-state index contributed by atoms with van der Waals surface area (Å²) in [6.07, 6.45) is 5.27. The molecule has 0 spiro atoms. The quantitative estimate of drug-likeness (QED) is 0.612. The standard InChI is InChI=1S/C18H22N6O3S/c1-20-12-8-24-17(27-9-12)15(7-21-24)28(19,26)23-18(25)22-16-13-4-2-10(13)6-11-3-5-14(11)16/h6-7,12,20H,2-5,8-9H2,1H3,(H3,19,22,23,25,26)/t12-,28-/m0/s1. The summed E-state index contributed by atoms with van der Waals surface area (Å²) in [5.41, 5.74) is 5.71. The number of anilines is 1. The van der Waals surface area contributed by atoms with Crippen molar-refractivity contribution in [2.75, 3.05) is 19.0 Å². The van der Waals surface area contributed by atoms with Gasteiger partial charge in [0.25, 0.3) is 0 Å². The van der Waals surface area contributed by atoms with Crippen LogP contribution in [0, 0.1) is 4.78 Å². The summed E-state index contributed by atoms with van der Waals surface area (Å²) >= 11 is 0. The van der Waals surface area contributed by atoms with Crippen LogP contribution in [0.5, 0.6) is 5.88 Å². The highest BCUT2D eigenvalue weighted by molar-refractivity contribution is 7.91. The zero-order valence-electron chi connectivity index (χ0n) is 15.5. The van der Waals surface area contributed by atoms with Crippen molar-refractivity contribution in [2.24, 2.45) is 0 Å². The Morgan fingerprint density at radius 2 is 2.00 bits per heavy atom. The molecular weight excluding hydrogens is 380 g/mol. The van der Waals surface area contributed by atoms with Crippen molar-refractivity contribution in [2.45, 2.75) is 43.2 Å². The highest BCUT2D eigenvalue weighted by atomic mass is 32.2. The third-order valence-electron chi connectivity index (χ3n) is 5.78. The molecule has 2 heterocycles. The Balaban J connectivity index is 1.36. The Morgan fingerprint density at radius 1 is 1.29 bits per heavy atom. The van der Waals surface area contributed by atoms with Crippen LogP contribution in [-0.4, -0.2) is 39.7 Å². The van der Waals surface area contributed by atoms with Crippen LogP contribution in [0.15, 0.2) is 17.2 Å². The molecule has 1 aliphatic heterocycles. The van der Waals surface area contributed by atoms with Crippen LogP contribution in [0.3, 0.4) is 0 Å². The molecule has 2 aromatic rings. The second-order valence-corrected chi connectivity index (χ2v) is 9.19. The Morgan fingerprint density at radius 3 is 2.61 bits per heavy atom. The van der Waals surface area contributed by atoms with Gasteiger partial charge in [-0.25, -0.2) is 23.2 Å². The number of aromatic nitrogens is 2. The molecule has 148 valence electrons. The highest BCUT2D eigenvalue weighted by Gasteiger charge is 2.31. The van der Waals surface area contributed by atoms with Crippen LogP contribution in [0.1, 0.15) is 22.3 Å². The number of carbonyl (C=O) groups is 1. The minimum Gasteiger partial charge on any atom is -0.475 e. The first-order valence-corrected chi connectivity index (χ1v) is 10.9. The Labute approximate surface area is 162 Å². The minimum atomic E-state index is -3.60. The molecule has 0 saturated heterocycles. The molecule has 3 aliphatic rings. The zero-order valence-corrected chi connectivity index (χ0v) is 16.3. The van der Waals surface area contributed by atoms with Crippen molar-refractivity contribution in [3.8, 4) is 5.88 Å². The van der Waals surface area contributed by atoms with Crippen LogP contribution in [0.4, 0.5) is 10.5 Å². The van der Waals surface area contributed by atoms with Crippen LogP contribution < -0.4 is 20.1 Å². The summed E-state index contributed by atoms with van der Waals surface area (Å²) in [6, 6.07) is 1.68. The third-order valence-corrected chi connectivity index (χ3v) is 7.16. The number of urea groups is 1. The van der Waals surface area contributed by atoms with Gasteiger partial charge in [-0.2, -0.15) is 5.10 Å². The molecule has 2 amide bonds. The molecule has 4 N–H and O–H groups in total. The Kier molecular flexibility index (Phi) is 3.88. The smallest absolute Gasteiger partial charge is 0.331 e. The molecule has 1 aromatic heterocycles. The lowest BCUT2D eigenvalue weighted by Crippen LogP contribution is -2.40. The number of fused-ring (bicyclic) bond motifs is 3. The Hall–Kier alpha value is -2.59. The molecule has 5 rings (SSSR count).